The fraction of sp³-hybridized carbons (Fsp3) is 0.270. The molecule has 5 unspecified atom stereocenters. The number of hydrogen-bond donors (Lipinski definition) is 1. The molecule has 1 spiro atoms. The van der Waals surface area contributed by atoms with Gasteiger partial charge in [0.25, 0.3) is 0 Å². The van der Waals surface area contributed by atoms with Crippen LogP contribution in [-0.4, -0.2) is 19.3 Å². The average Bonchev–Trinajstić information content (AvgIpc) is 3.26. The molecule has 0 radical (unpaired) electrons. The van der Waals surface area contributed by atoms with Crippen LogP contribution in [0.5, 0.6) is 17.2 Å². The van der Waals surface area contributed by atoms with Gasteiger partial charge in [0.05, 0.1) is 6.04 Å². The number of nitrogens with one attached hydrogen (secondary N) is 1. The third-order valence-corrected chi connectivity index (χ3v) is 10.2. The minimum atomic E-state index is -0.437. The third kappa shape index (κ3) is 3.46. The lowest BCUT2D eigenvalue weighted by Crippen LogP contribution is -2.32. The Bertz CT molecular complexity index is 1810. The predicted octanol–water partition coefficient (Wildman–Crippen LogP) is 8.02. The minimum Gasteiger partial charge on any atom is -0.489 e. The highest BCUT2D eigenvalue weighted by Crippen LogP contribution is 2.74. The lowest BCUT2D eigenvalue weighted by Gasteiger charge is -2.29. The molecule has 1 heterocycles. The van der Waals surface area contributed by atoms with Crippen LogP contribution < -0.4 is 14.8 Å². The molecule has 2 bridgehead atoms. The highest BCUT2D eigenvalue weighted by atomic mass is 16.5. The molecule has 10 rings (SSSR count). The first kappa shape index (κ1) is 24.1. The van der Waals surface area contributed by atoms with Gasteiger partial charge in [0, 0.05) is 28.5 Å². The van der Waals surface area contributed by atoms with Gasteiger partial charge < -0.3 is 19.5 Å². The summed E-state index contributed by atoms with van der Waals surface area (Å²) in [5.41, 5.74) is 10.1. The molecule has 1 aliphatic heterocycles. The van der Waals surface area contributed by atoms with Gasteiger partial charge in [-0.15, -0.1) is 0 Å². The Morgan fingerprint density at radius 1 is 1.02 bits per heavy atom. The van der Waals surface area contributed by atoms with E-state index in [0.717, 1.165) is 35.0 Å². The van der Waals surface area contributed by atoms with Crippen LogP contribution in [0.3, 0.4) is 0 Å². The third-order valence-electron chi connectivity index (χ3n) is 10.2. The smallest absolute Gasteiger partial charge is 0.407 e. The number of fused-ring (bicyclic) bond motifs is 4. The highest BCUT2D eigenvalue weighted by molar-refractivity contribution is 5.86. The number of ether oxygens (including phenoxy) is 3. The Labute approximate surface area is 245 Å². The number of allylic oxidation sites excluding steroid dienone is 6. The first-order valence-corrected chi connectivity index (χ1v) is 15.0. The molecule has 3 aromatic carbocycles. The van der Waals surface area contributed by atoms with Gasteiger partial charge in [0.1, 0.15) is 30.5 Å². The zero-order valence-corrected chi connectivity index (χ0v) is 23.4. The number of alkyl carbamates (subject to hydrolysis) is 1. The largest absolute Gasteiger partial charge is 0.489 e. The maximum atomic E-state index is 13.4. The van der Waals surface area contributed by atoms with E-state index in [1.54, 1.807) is 0 Å². The van der Waals surface area contributed by atoms with Gasteiger partial charge in [0.15, 0.2) is 0 Å². The molecule has 6 aliphatic carbocycles. The number of carbonyl (C=O) groups is 1. The van der Waals surface area contributed by atoms with Crippen LogP contribution in [0.25, 0.3) is 5.57 Å². The van der Waals surface area contributed by atoms with Crippen molar-refractivity contribution in [1.29, 1.82) is 0 Å². The fourth-order valence-electron chi connectivity index (χ4n) is 7.97. The summed E-state index contributed by atoms with van der Waals surface area (Å²) < 4.78 is 18.5. The Morgan fingerprint density at radius 2 is 1.86 bits per heavy atom. The first-order valence-electron chi connectivity index (χ1n) is 15.0. The highest BCUT2D eigenvalue weighted by Gasteiger charge is 2.66. The lowest BCUT2D eigenvalue weighted by atomic mass is 9.83. The zero-order valence-electron chi connectivity index (χ0n) is 23.4. The molecule has 1 fully saturated rings. The second kappa shape index (κ2) is 8.75. The van der Waals surface area contributed by atoms with E-state index in [4.69, 9.17) is 14.2 Å². The van der Waals surface area contributed by atoms with Gasteiger partial charge in [-0.05, 0) is 76.3 Å². The molecule has 7 aliphatic rings. The van der Waals surface area contributed by atoms with Crippen molar-refractivity contribution < 1.29 is 19.0 Å². The van der Waals surface area contributed by atoms with E-state index in [0.29, 0.717) is 30.3 Å². The molecule has 1 amide bonds. The molecule has 3 aromatic rings. The van der Waals surface area contributed by atoms with Crippen molar-refractivity contribution in [3.63, 3.8) is 0 Å². The van der Waals surface area contributed by atoms with Crippen LogP contribution in [0.15, 0.2) is 108 Å². The molecule has 0 aromatic heterocycles. The zero-order chi connectivity index (χ0) is 28.0. The van der Waals surface area contributed by atoms with Gasteiger partial charge in [-0.3, -0.25) is 0 Å². The van der Waals surface area contributed by atoms with E-state index < -0.39 is 12.1 Å². The fourth-order valence-corrected chi connectivity index (χ4v) is 7.97. The van der Waals surface area contributed by atoms with Crippen LogP contribution in [-0.2, 0) is 4.74 Å². The van der Waals surface area contributed by atoms with Crippen LogP contribution >= 0.6 is 0 Å². The molecular weight excluding hydrogens is 522 g/mol. The van der Waals surface area contributed by atoms with E-state index >= 15 is 0 Å². The summed E-state index contributed by atoms with van der Waals surface area (Å²) in [6.45, 7) is 3.16. The summed E-state index contributed by atoms with van der Waals surface area (Å²) in [6, 6.07) is 21.8. The number of rotatable bonds is 6. The second-order valence-electron chi connectivity index (χ2n) is 12.5. The Balaban J connectivity index is 0.936. The molecule has 5 heteroatoms. The monoisotopic (exact) mass is 553 g/mol. The van der Waals surface area contributed by atoms with E-state index in [-0.39, 0.29) is 5.92 Å². The number of hydrogen-bond acceptors (Lipinski definition) is 4. The van der Waals surface area contributed by atoms with E-state index in [1.165, 1.54) is 39.8 Å². The normalized spacial score (nSPS) is 28.1. The number of para-hydroxylation sites is 1. The van der Waals surface area contributed by atoms with Crippen LogP contribution in [0.2, 0.25) is 0 Å². The number of carbonyl (C=O) groups excluding carboxylic acids is 1. The van der Waals surface area contributed by atoms with Crippen molar-refractivity contribution in [2.24, 2.45) is 17.3 Å². The van der Waals surface area contributed by atoms with E-state index in [9.17, 15) is 4.79 Å². The summed E-state index contributed by atoms with van der Waals surface area (Å²) in [4.78, 5) is 13.4. The molecule has 1 N–H and O–H groups in total. The van der Waals surface area contributed by atoms with Gasteiger partial charge in [-0.1, -0.05) is 73.7 Å². The molecule has 1 saturated carbocycles. The Kier molecular flexibility index (Phi) is 5.02. The summed E-state index contributed by atoms with van der Waals surface area (Å²) in [6.07, 6.45) is 11.0. The maximum absolute atomic E-state index is 13.4. The van der Waals surface area contributed by atoms with Crippen molar-refractivity contribution in [2.75, 3.05) is 13.2 Å². The average molecular weight is 554 g/mol. The summed E-state index contributed by atoms with van der Waals surface area (Å²) in [5.74, 6) is 3.41. The molecule has 42 heavy (non-hydrogen) atoms. The van der Waals surface area contributed by atoms with Crippen LogP contribution in [0.1, 0.15) is 54.0 Å². The number of amides is 1. The SMILES string of the molecule is CC1CC=CC2=C1C(COC(=O)NC1c3ccccc3Oc3cc(OCC4=CC5=CC46CC56)ccc31)c1ccccc12. The molecular formula is C37H31NO4. The standard InChI is InChI=1S/C37H31NO4/c1-21-7-6-11-27-25-8-2-3-9-26(25)30(34(21)27)20-41-36(39)38-35-28-10-4-5-12-32(28)42-33-16-24(13-14-29(33)35)40-19-23-15-22-17-37(23)18-31(22)37/h2-6,8-17,21,30-31,35H,7,18-20H2,1H3,(H,38,39). The number of benzene rings is 3. The summed E-state index contributed by atoms with van der Waals surface area (Å²) >= 11 is 0. The topological polar surface area (TPSA) is 56.8 Å². The van der Waals surface area contributed by atoms with Crippen LogP contribution in [0.4, 0.5) is 4.79 Å². The van der Waals surface area contributed by atoms with Crippen molar-refractivity contribution in [3.05, 3.63) is 130 Å². The minimum absolute atomic E-state index is 0.0678. The van der Waals surface area contributed by atoms with Gasteiger partial charge in [0.2, 0.25) is 0 Å². The Hall–Kier alpha value is -4.51. The quantitative estimate of drug-likeness (QED) is 0.336. The summed E-state index contributed by atoms with van der Waals surface area (Å²) in [7, 11) is 0. The van der Waals surface area contributed by atoms with E-state index in [2.05, 4.69) is 60.8 Å². The molecule has 5 nitrogen and oxygen atoms in total. The molecule has 0 saturated heterocycles. The second-order valence-corrected chi connectivity index (χ2v) is 12.5. The van der Waals surface area contributed by atoms with Gasteiger partial charge in [-0.2, -0.15) is 0 Å². The molecule has 208 valence electrons. The lowest BCUT2D eigenvalue weighted by molar-refractivity contribution is 0.138. The van der Waals surface area contributed by atoms with Gasteiger partial charge >= 0.3 is 6.09 Å². The van der Waals surface area contributed by atoms with Gasteiger partial charge in [-0.25, -0.2) is 4.79 Å². The maximum Gasteiger partial charge on any atom is 0.407 e. The summed E-state index contributed by atoms with van der Waals surface area (Å²) in [5, 5.41) is 3.15. The van der Waals surface area contributed by atoms with Crippen molar-refractivity contribution >= 4 is 11.7 Å². The van der Waals surface area contributed by atoms with Crippen molar-refractivity contribution in [1.82, 2.24) is 5.32 Å². The van der Waals surface area contributed by atoms with Crippen molar-refractivity contribution in [2.45, 2.75) is 31.7 Å². The molecule has 5 atom stereocenters. The van der Waals surface area contributed by atoms with Crippen molar-refractivity contribution in [3.8, 4) is 17.2 Å². The van der Waals surface area contributed by atoms with Crippen LogP contribution in [0, 0.1) is 17.3 Å². The Morgan fingerprint density at radius 3 is 2.69 bits per heavy atom. The van der Waals surface area contributed by atoms with E-state index in [1.807, 2.05) is 42.5 Å². The predicted molar refractivity (Wildman–Crippen MR) is 161 cm³/mol. The first-order chi connectivity index (χ1) is 20.6.